The van der Waals surface area contributed by atoms with Crippen molar-refractivity contribution in [1.82, 2.24) is 5.32 Å². The van der Waals surface area contributed by atoms with Crippen LogP contribution in [0.15, 0.2) is 11.6 Å². The summed E-state index contributed by atoms with van der Waals surface area (Å²) in [6.07, 6.45) is -24.8. The lowest BCUT2D eigenvalue weighted by Crippen LogP contribution is -2.68. The van der Waals surface area contributed by atoms with Gasteiger partial charge in [0, 0.05) is 0 Å². The molecule has 43 heavy (non-hydrogen) atoms. The van der Waals surface area contributed by atoms with Crippen molar-refractivity contribution in [1.29, 1.82) is 0 Å². The molecule has 12 unspecified atom stereocenters. The van der Waals surface area contributed by atoms with Gasteiger partial charge in [-0.3, -0.25) is 0 Å². The molecule has 2 fully saturated rings. The lowest BCUT2D eigenvalue weighted by Gasteiger charge is -2.48. The van der Waals surface area contributed by atoms with Gasteiger partial charge >= 0.3 is 0 Å². The molecule has 0 saturated carbocycles. The summed E-state index contributed by atoms with van der Waals surface area (Å²) in [5.74, 6) is 0. The van der Waals surface area contributed by atoms with Crippen LogP contribution in [-0.2, 0) is 18.9 Å². The molecule has 3 aliphatic rings. The Bertz CT molecular complexity index is 896. The van der Waals surface area contributed by atoms with Crippen LogP contribution >= 0.6 is 0 Å². The Hall–Kier alpha value is -0.980. The van der Waals surface area contributed by atoms with Gasteiger partial charge in [-0.1, -0.05) is 6.08 Å². The second-order valence-electron chi connectivity index (χ2n) is 11.1. The second-order valence-corrected chi connectivity index (χ2v) is 11.1. The molecule has 14 N–H and O–H groups in total. The van der Waals surface area contributed by atoms with E-state index in [1.165, 1.54) is 19.9 Å². The second kappa shape index (κ2) is 15.5. The Morgan fingerprint density at radius 2 is 1.47 bits per heavy atom. The van der Waals surface area contributed by atoms with Gasteiger partial charge in [-0.2, -0.15) is 0 Å². The Labute approximate surface area is 246 Å². The van der Waals surface area contributed by atoms with Gasteiger partial charge in [0.05, 0.1) is 44.1 Å². The molecule has 2 saturated heterocycles. The average Bonchev–Trinajstić information content (AvgIpc) is 2.98. The molecular formula is C25H45NO17. The third-order valence-electron chi connectivity index (χ3n) is 8.03. The van der Waals surface area contributed by atoms with Crippen LogP contribution in [-0.4, -0.2) is 196 Å². The van der Waals surface area contributed by atoms with Crippen molar-refractivity contribution in [3.63, 3.8) is 0 Å². The van der Waals surface area contributed by atoms with E-state index in [2.05, 4.69) is 5.32 Å². The van der Waals surface area contributed by atoms with Crippen LogP contribution in [0.3, 0.4) is 0 Å². The highest BCUT2D eigenvalue weighted by atomic mass is 16.7. The van der Waals surface area contributed by atoms with E-state index in [0.717, 1.165) is 0 Å². The number of hydrogen-bond donors (Lipinski definition) is 14. The first-order chi connectivity index (χ1) is 20.2. The molecule has 0 aromatic carbocycles. The van der Waals surface area contributed by atoms with Gasteiger partial charge in [0.2, 0.25) is 0 Å². The monoisotopic (exact) mass is 631 g/mol. The fourth-order valence-corrected chi connectivity index (χ4v) is 5.36. The van der Waals surface area contributed by atoms with Crippen molar-refractivity contribution in [2.24, 2.45) is 0 Å². The quantitative estimate of drug-likeness (QED) is 0.0889. The molecule has 2 aliphatic heterocycles. The third kappa shape index (κ3) is 7.88. The lowest BCUT2D eigenvalue weighted by molar-refractivity contribution is -0.361. The Kier molecular flexibility index (Phi) is 13.2. The van der Waals surface area contributed by atoms with E-state index in [0.29, 0.717) is 0 Å². The van der Waals surface area contributed by atoms with Crippen molar-refractivity contribution in [3.05, 3.63) is 11.6 Å². The van der Waals surface area contributed by atoms with Crippen LogP contribution in [0.4, 0.5) is 0 Å². The van der Waals surface area contributed by atoms with Crippen molar-refractivity contribution < 1.29 is 85.3 Å². The first kappa shape index (κ1) is 36.5. The zero-order valence-corrected chi connectivity index (χ0v) is 23.5. The molecule has 0 aromatic rings. The topological polar surface area (TPSA) is 312 Å². The van der Waals surface area contributed by atoms with Crippen molar-refractivity contribution in [3.8, 4) is 0 Å². The van der Waals surface area contributed by atoms with E-state index in [1.807, 2.05) is 0 Å². The molecule has 18 heteroatoms. The summed E-state index contributed by atoms with van der Waals surface area (Å²) in [6.45, 7) is 0.302. The first-order valence-corrected chi connectivity index (χ1v) is 13.9. The normalized spacial score (nSPS) is 45.2. The first-order valence-electron chi connectivity index (χ1n) is 13.9. The van der Waals surface area contributed by atoms with E-state index >= 15 is 0 Å². The molecule has 3 rings (SSSR count). The summed E-state index contributed by atoms with van der Waals surface area (Å²) < 4.78 is 22.2. The maximum Gasteiger partial charge on any atom is 0.187 e. The fraction of sp³-hybridized carbons (Fsp3) is 0.920. The summed E-state index contributed by atoms with van der Waals surface area (Å²) in [5.41, 5.74) is 0.0238. The van der Waals surface area contributed by atoms with Gasteiger partial charge in [-0.05, 0) is 19.4 Å². The standard InChI is InChI=1S/C25H45NO17/c1-7(30)14(32)22(11(31)5-28)42-25-21(39)19(37)23(12(6-29)41-25)43-24-20(38)17(35)13(8(2)40-24)26-10-3-9(4-27)15(33)18(36)16(10)34/h3,7-8,10-39H,4-6H2,1-2H3/t7?,8-,10?,11-,12?,13?,14?,15?,16+,17+,18?,19?,20?,21-,22?,23?,24?,25-/m1/s1. The molecule has 0 spiro atoms. The van der Waals surface area contributed by atoms with Gasteiger partial charge in [-0.25, -0.2) is 0 Å². The van der Waals surface area contributed by atoms with Crippen molar-refractivity contribution in [2.75, 3.05) is 19.8 Å². The zero-order valence-electron chi connectivity index (χ0n) is 23.5. The number of ether oxygens (including phenoxy) is 4. The molecule has 2 heterocycles. The SMILES string of the molecule is CC(O)C(O)C(O[C@H]1OC(CO)C(OC2O[C@H](C)C(NC3C=C(CO)C(O)C(O)[C@H]3O)[C@H](O)C2O)C(O)[C@H]1O)[C@H](O)CO. The molecule has 0 amide bonds. The molecule has 0 aromatic heterocycles. The zero-order chi connectivity index (χ0) is 32.3. The van der Waals surface area contributed by atoms with E-state index in [-0.39, 0.29) is 5.57 Å². The van der Waals surface area contributed by atoms with E-state index in [4.69, 9.17) is 18.9 Å². The van der Waals surface area contributed by atoms with E-state index in [9.17, 15) is 66.4 Å². The third-order valence-corrected chi connectivity index (χ3v) is 8.03. The van der Waals surface area contributed by atoms with Gasteiger partial charge in [0.25, 0.3) is 0 Å². The predicted molar refractivity (Wildman–Crippen MR) is 139 cm³/mol. The van der Waals surface area contributed by atoms with Crippen LogP contribution < -0.4 is 5.32 Å². The summed E-state index contributed by atoms with van der Waals surface area (Å²) in [5, 5.41) is 135. The van der Waals surface area contributed by atoms with Crippen molar-refractivity contribution >= 4 is 0 Å². The van der Waals surface area contributed by atoms with Crippen LogP contribution in [0.5, 0.6) is 0 Å². The maximum atomic E-state index is 10.9. The van der Waals surface area contributed by atoms with Gasteiger partial charge in [-0.15, -0.1) is 0 Å². The lowest BCUT2D eigenvalue weighted by atomic mass is 9.86. The Morgan fingerprint density at radius 1 is 0.837 bits per heavy atom. The number of aliphatic hydroxyl groups is 13. The molecule has 252 valence electrons. The Morgan fingerprint density at radius 3 is 2.02 bits per heavy atom. The molecule has 18 atom stereocenters. The maximum absolute atomic E-state index is 10.9. The highest BCUT2D eigenvalue weighted by Crippen LogP contribution is 2.31. The molecule has 0 radical (unpaired) electrons. The average molecular weight is 632 g/mol. The number of rotatable bonds is 12. The summed E-state index contributed by atoms with van der Waals surface area (Å²) in [6, 6.07) is -2.16. The summed E-state index contributed by atoms with van der Waals surface area (Å²) >= 11 is 0. The highest BCUT2D eigenvalue weighted by molar-refractivity contribution is 5.22. The summed E-state index contributed by atoms with van der Waals surface area (Å²) in [4.78, 5) is 0. The van der Waals surface area contributed by atoms with Crippen LogP contribution in [0.25, 0.3) is 0 Å². The molecular weight excluding hydrogens is 586 g/mol. The summed E-state index contributed by atoms with van der Waals surface area (Å²) in [7, 11) is 0. The fourth-order valence-electron chi connectivity index (χ4n) is 5.36. The smallest absolute Gasteiger partial charge is 0.187 e. The largest absolute Gasteiger partial charge is 0.394 e. The predicted octanol–water partition coefficient (Wildman–Crippen LogP) is -7.90. The number of aliphatic hydroxyl groups excluding tert-OH is 13. The Balaban J connectivity index is 1.70. The van der Waals surface area contributed by atoms with E-state index in [1.54, 1.807) is 0 Å². The van der Waals surface area contributed by atoms with Gasteiger partial charge in [0.1, 0.15) is 73.2 Å². The molecule has 1 aliphatic carbocycles. The molecule has 0 bridgehead atoms. The number of hydrogen-bond acceptors (Lipinski definition) is 18. The molecule has 18 nitrogen and oxygen atoms in total. The van der Waals surface area contributed by atoms with Crippen LogP contribution in [0, 0.1) is 0 Å². The minimum Gasteiger partial charge on any atom is -0.394 e. The minimum absolute atomic E-state index is 0.0238. The van der Waals surface area contributed by atoms with Crippen LogP contribution in [0.2, 0.25) is 0 Å². The van der Waals surface area contributed by atoms with Gasteiger partial charge < -0.3 is 90.6 Å². The number of nitrogens with one attached hydrogen (secondary N) is 1. The van der Waals surface area contributed by atoms with Crippen molar-refractivity contribution in [2.45, 2.75) is 124 Å². The van der Waals surface area contributed by atoms with E-state index < -0.39 is 130 Å². The minimum atomic E-state index is -1.94. The van der Waals surface area contributed by atoms with Gasteiger partial charge in [0.15, 0.2) is 12.6 Å². The highest BCUT2D eigenvalue weighted by Gasteiger charge is 2.52. The van der Waals surface area contributed by atoms with Crippen LogP contribution in [0.1, 0.15) is 13.8 Å².